The van der Waals surface area contributed by atoms with Crippen molar-refractivity contribution in [3.8, 4) is 0 Å². The maximum absolute atomic E-state index is 13.2. The van der Waals surface area contributed by atoms with Crippen LogP contribution in [0.15, 0.2) is 60.2 Å². The molecule has 0 heterocycles. The minimum atomic E-state index is -4.93. The Kier molecular flexibility index (Phi) is 6.93. The highest BCUT2D eigenvalue weighted by Gasteiger charge is 2.43. The lowest BCUT2D eigenvalue weighted by molar-refractivity contribution is -0.143. The zero-order valence-electron chi connectivity index (χ0n) is 17.9. The van der Waals surface area contributed by atoms with E-state index in [2.05, 4.69) is 4.74 Å². The van der Waals surface area contributed by atoms with Crippen molar-refractivity contribution in [1.82, 2.24) is 0 Å². The van der Waals surface area contributed by atoms with E-state index < -0.39 is 41.0 Å². The fourth-order valence-electron chi connectivity index (χ4n) is 3.92. The molecule has 33 heavy (non-hydrogen) atoms. The number of rotatable bonds is 6. The van der Waals surface area contributed by atoms with Crippen LogP contribution in [0.2, 0.25) is 0 Å². The SMILES string of the molecule is COC(=O)C=C1CC(CO[C@H](C)c2cc(C(F)(F)F)cc(C(F)(F)F)c2)(c2ccccc2)C1. The van der Waals surface area contributed by atoms with Gasteiger partial charge in [0.15, 0.2) is 0 Å². The summed E-state index contributed by atoms with van der Waals surface area (Å²) in [6.07, 6.45) is -8.59. The summed E-state index contributed by atoms with van der Waals surface area (Å²) in [5.41, 5.74) is -1.81. The first-order valence-corrected chi connectivity index (χ1v) is 10.1. The molecule has 1 aliphatic carbocycles. The Balaban J connectivity index is 1.85. The molecule has 0 saturated heterocycles. The summed E-state index contributed by atoms with van der Waals surface area (Å²) in [6.45, 7) is 1.46. The predicted octanol–water partition coefficient (Wildman–Crippen LogP) is 6.63. The van der Waals surface area contributed by atoms with Gasteiger partial charge < -0.3 is 9.47 Å². The molecule has 2 aromatic rings. The number of alkyl halides is 6. The summed E-state index contributed by atoms with van der Waals surface area (Å²) in [6, 6.07) is 10.7. The maximum Gasteiger partial charge on any atom is 0.416 e. The van der Waals surface area contributed by atoms with Crippen LogP contribution in [0.4, 0.5) is 26.3 Å². The van der Waals surface area contributed by atoms with Gasteiger partial charge in [0.25, 0.3) is 0 Å². The highest BCUT2D eigenvalue weighted by molar-refractivity contribution is 5.83. The molecular weight excluding hydrogens is 450 g/mol. The molecule has 1 saturated carbocycles. The second kappa shape index (κ2) is 9.21. The minimum absolute atomic E-state index is 0.0499. The number of ether oxygens (including phenoxy) is 2. The van der Waals surface area contributed by atoms with Crippen molar-refractivity contribution in [3.63, 3.8) is 0 Å². The second-order valence-electron chi connectivity index (χ2n) is 8.12. The first-order valence-electron chi connectivity index (χ1n) is 10.1. The van der Waals surface area contributed by atoms with E-state index in [0.717, 1.165) is 11.1 Å². The molecule has 0 aliphatic heterocycles. The van der Waals surface area contributed by atoms with Gasteiger partial charge >= 0.3 is 18.3 Å². The van der Waals surface area contributed by atoms with Crippen molar-refractivity contribution in [1.29, 1.82) is 0 Å². The number of halogens is 6. The van der Waals surface area contributed by atoms with Crippen molar-refractivity contribution in [3.05, 3.63) is 82.4 Å². The Morgan fingerprint density at radius 2 is 1.55 bits per heavy atom. The van der Waals surface area contributed by atoms with Crippen molar-refractivity contribution < 1.29 is 40.6 Å². The van der Waals surface area contributed by atoms with Crippen LogP contribution in [0.5, 0.6) is 0 Å². The number of hydrogen-bond donors (Lipinski definition) is 0. The number of methoxy groups -OCH3 is 1. The number of benzene rings is 2. The fraction of sp³-hybridized carbons (Fsp3) is 0.375. The van der Waals surface area contributed by atoms with Gasteiger partial charge in [0.1, 0.15) is 0 Å². The Morgan fingerprint density at radius 3 is 2.03 bits per heavy atom. The highest BCUT2D eigenvalue weighted by Crippen LogP contribution is 2.48. The zero-order valence-corrected chi connectivity index (χ0v) is 17.9. The molecule has 1 aliphatic rings. The molecular formula is C24H22F6O3. The highest BCUT2D eigenvalue weighted by atomic mass is 19.4. The Hall–Kier alpha value is -2.81. The lowest BCUT2D eigenvalue weighted by Gasteiger charge is -2.44. The summed E-state index contributed by atoms with van der Waals surface area (Å²) < 4.78 is 89.6. The molecule has 1 fully saturated rings. The van der Waals surface area contributed by atoms with Gasteiger partial charge in [0.05, 0.1) is 30.9 Å². The third-order valence-corrected chi connectivity index (χ3v) is 5.73. The monoisotopic (exact) mass is 472 g/mol. The van der Waals surface area contributed by atoms with Crippen molar-refractivity contribution >= 4 is 5.97 Å². The van der Waals surface area contributed by atoms with E-state index in [4.69, 9.17) is 4.74 Å². The van der Waals surface area contributed by atoms with E-state index in [-0.39, 0.29) is 18.2 Å². The fourth-order valence-corrected chi connectivity index (χ4v) is 3.92. The molecule has 0 radical (unpaired) electrons. The molecule has 0 spiro atoms. The van der Waals surface area contributed by atoms with Gasteiger partial charge in [-0.2, -0.15) is 26.3 Å². The summed E-state index contributed by atoms with van der Waals surface area (Å²) in [4.78, 5) is 11.5. The number of esters is 1. The Morgan fingerprint density at radius 1 is 1.00 bits per heavy atom. The average molecular weight is 472 g/mol. The first kappa shape index (κ1) is 24.8. The molecule has 3 nitrogen and oxygen atoms in total. The van der Waals surface area contributed by atoms with Crippen LogP contribution in [0.3, 0.4) is 0 Å². The van der Waals surface area contributed by atoms with E-state index >= 15 is 0 Å². The lowest BCUT2D eigenvalue weighted by atomic mass is 9.62. The summed E-state index contributed by atoms with van der Waals surface area (Å²) in [5.74, 6) is -0.496. The maximum atomic E-state index is 13.2. The molecule has 2 aromatic carbocycles. The van der Waals surface area contributed by atoms with Crippen LogP contribution >= 0.6 is 0 Å². The topological polar surface area (TPSA) is 35.5 Å². The van der Waals surface area contributed by atoms with Crippen LogP contribution in [-0.4, -0.2) is 19.7 Å². The first-order chi connectivity index (χ1) is 15.3. The number of carbonyl (C=O) groups excluding carboxylic acids is 1. The van der Waals surface area contributed by atoms with Crippen LogP contribution in [0.25, 0.3) is 0 Å². The minimum Gasteiger partial charge on any atom is -0.466 e. The second-order valence-corrected chi connectivity index (χ2v) is 8.12. The average Bonchev–Trinajstić information content (AvgIpc) is 2.73. The summed E-state index contributed by atoms with van der Waals surface area (Å²) in [7, 11) is 1.26. The molecule has 1 atom stereocenters. The van der Waals surface area contributed by atoms with E-state index in [9.17, 15) is 31.1 Å². The van der Waals surface area contributed by atoms with E-state index in [1.807, 2.05) is 30.3 Å². The van der Waals surface area contributed by atoms with Crippen LogP contribution in [0, 0.1) is 0 Å². The molecule has 3 rings (SSSR count). The summed E-state index contributed by atoms with van der Waals surface area (Å²) >= 11 is 0. The van der Waals surface area contributed by atoms with Gasteiger partial charge in [-0.25, -0.2) is 4.79 Å². The standard InChI is InChI=1S/C24H22F6O3/c1-15(17-9-19(23(25,26)27)11-20(10-17)24(28,29)30)33-14-22(18-6-4-3-5-7-18)12-16(13-22)8-21(31)32-2/h3-11,15H,12-14H2,1-2H3/t15-,22?/m1/s1. The molecule has 0 bridgehead atoms. The quantitative estimate of drug-likeness (QED) is 0.269. The largest absolute Gasteiger partial charge is 0.466 e. The van der Waals surface area contributed by atoms with Gasteiger partial charge in [0, 0.05) is 11.5 Å². The Labute approximate surface area is 187 Å². The van der Waals surface area contributed by atoms with E-state index in [1.165, 1.54) is 20.1 Å². The molecule has 0 N–H and O–H groups in total. The van der Waals surface area contributed by atoms with Crippen LogP contribution < -0.4 is 0 Å². The third-order valence-electron chi connectivity index (χ3n) is 5.73. The van der Waals surface area contributed by atoms with Gasteiger partial charge in [-0.05, 0) is 49.1 Å². The molecule has 0 amide bonds. The van der Waals surface area contributed by atoms with Gasteiger partial charge in [0.2, 0.25) is 0 Å². The molecule has 178 valence electrons. The lowest BCUT2D eigenvalue weighted by Crippen LogP contribution is -2.41. The molecule has 0 unspecified atom stereocenters. The van der Waals surface area contributed by atoms with Gasteiger partial charge in [-0.15, -0.1) is 0 Å². The number of hydrogen-bond acceptors (Lipinski definition) is 3. The van der Waals surface area contributed by atoms with Crippen molar-refractivity contribution in [2.24, 2.45) is 0 Å². The molecule has 9 heteroatoms. The van der Waals surface area contributed by atoms with Gasteiger partial charge in [-0.1, -0.05) is 35.9 Å². The van der Waals surface area contributed by atoms with Crippen LogP contribution in [0.1, 0.15) is 48.1 Å². The summed E-state index contributed by atoms with van der Waals surface area (Å²) in [5, 5.41) is 0. The normalized spacial score (nSPS) is 19.6. The van der Waals surface area contributed by atoms with Crippen molar-refractivity contribution in [2.45, 2.75) is 43.6 Å². The van der Waals surface area contributed by atoms with E-state index in [0.29, 0.717) is 25.0 Å². The number of carbonyl (C=O) groups is 1. The number of allylic oxidation sites excluding steroid dienone is 1. The van der Waals surface area contributed by atoms with E-state index in [1.54, 1.807) is 0 Å². The smallest absolute Gasteiger partial charge is 0.416 e. The van der Waals surface area contributed by atoms with Crippen molar-refractivity contribution in [2.75, 3.05) is 13.7 Å². The molecule has 0 aromatic heterocycles. The Bertz CT molecular complexity index is 984. The zero-order chi connectivity index (χ0) is 24.4. The van der Waals surface area contributed by atoms with Gasteiger partial charge in [-0.3, -0.25) is 0 Å². The predicted molar refractivity (Wildman–Crippen MR) is 108 cm³/mol. The van der Waals surface area contributed by atoms with Crippen LogP contribution in [-0.2, 0) is 32.0 Å². The third kappa shape index (κ3) is 5.76.